The van der Waals surface area contributed by atoms with Gasteiger partial charge in [0.1, 0.15) is 23.3 Å². The Kier molecular flexibility index (Phi) is 7.73. The van der Waals surface area contributed by atoms with Crippen LogP contribution in [0.25, 0.3) is 17.0 Å². The molecule has 0 amide bonds. The number of anilines is 1. The lowest BCUT2D eigenvalue weighted by Crippen LogP contribution is -2.08. The highest BCUT2D eigenvalue weighted by molar-refractivity contribution is 5.62. The second-order valence-electron chi connectivity index (χ2n) is 7.15. The summed E-state index contributed by atoms with van der Waals surface area (Å²) >= 11 is 0. The van der Waals surface area contributed by atoms with E-state index in [1.165, 1.54) is 6.07 Å². The lowest BCUT2D eigenvalue weighted by atomic mass is 10.2. The zero-order valence-corrected chi connectivity index (χ0v) is 18.5. The van der Waals surface area contributed by atoms with Crippen molar-refractivity contribution in [3.05, 3.63) is 35.9 Å². The van der Waals surface area contributed by atoms with Gasteiger partial charge in [0.15, 0.2) is 17.3 Å². The van der Waals surface area contributed by atoms with E-state index in [1.807, 2.05) is 19.9 Å². The minimum absolute atomic E-state index is 0.202. The second kappa shape index (κ2) is 10.5. The van der Waals surface area contributed by atoms with Gasteiger partial charge in [-0.3, -0.25) is 0 Å². The monoisotopic (exact) mass is 432 g/mol. The van der Waals surface area contributed by atoms with Crippen molar-refractivity contribution in [2.24, 2.45) is 0 Å². The maximum Gasteiger partial charge on any atom is 0.165 e. The molecular weight excluding hydrogens is 402 g/mol. The van der Waals surface area contributed by atoms with Crippen LogP contribution in [0.5, 0.6) is 5.75 Å². The summed E-state index contributed by atoms with van der Waals surface area (Å²) in [6.07, 6.45) is 4.08. The van der Waals surface area contributed by atoms with Crippen LogP contribution < -0.4 is 15.4 Å². The molecule has 2 aliphatic rings. The van der Waals surface area contributed by atoms with Gasteiger partial charge in [-0.05, 0) is 37.9 Å². The largest absolute Gasteiger partial charge is 0.495 e. The molecule has 4 heterocycles. The van der Waals surface area contributed by atoms with E-state index in [9.17, 15) is 8.78 Å². The molecular formula is C22H30F2N6O. The molecule has 7 nitrogen and oxygen atoms in total. The number of rotatable bonds is 4. The minimum atomic E-state index is -0.565. The zero-order chi connectivity index (χ0) is 22.4. The van der Waals surface area contributed by atoms with Crippen molar-refractivity contribution in [2.45, 2.75) is 45.2 Å². The SMILES string of the molecule is CC.CNc1nc(-c2cnc3cc(OC)c(C4CC4)nn23)ccc1F.FC1CCNC1. The predicted octanol–water partition coefficient (Wildman–Crippen LogP) is 4.20. The first-order chi connectivity index (χ1) is 15.1. The van der Waals surface area contributed by atoms with Gasteiger partial charge in [0.2, 0.25) is 0 Å². The van der Waals surface area contributed by atoms with Crippen molar-refractivity contribution in [3.8, 4) is 17.1 Å². The summed E-state index contributed by atoms with van der Waals surface area (Å²) in [7, 11) is 3.28. The Morgan fingerprint density at radius 2 is 2.00 bits per heavy atom. The van der Waals surface area contributed by atoms with Gasteiger partial charge in [0.25, 0.3) is 0 Å². The number of hydrogen-bond acceptors (Lipinski definition) is 6. The third-order valence-electron chi connectivity index (χ3n) is 5.01. The molecule has 1 atom stereocenters. The quantitative estimate of drug-likeness (QED) is 0.644. The fourth-order valence-corrected chi connectivity index (χ4v) is 3.27. The fourth-order valence-electron chi connectivity index (χ4n) is 3.27. The summed E-state index contributed by atoms with van der Waals surface area (Å²) in [6.45, 7) is 5.43. The van der Waals surface area contributed by atoms with E-state index >= 15 is 0 Å². The average molecular weight is 433 g/mol. The van der Waals surface area contributed by atoms with Crippen molar-refractivity contribution in [1.29, 1.82) is 0 Å². The maximum atomic E-state index is 13.6. The van der Waals surface area contributed by atoms with Crippen LogP contribution >= 0.6 is 0 Å². The van der Waals surface area contributed by atoms with E-state index in [-0.39, 0.29) is 5.82 Å². The first-order valence-electron chi connectivity index (χ1n) is 10.7. The van der Waals surface area contributed by atoms with E-state index in [4.69, 9.17) is 9.84 Å². The van der Waals surface area contributed by atoms with Gasteiger partial charge in [0.05, 0.1) is 19.0 Å². The van der Waals surface area contributed by atoms with Gasteiger partial charge < -0.3 is 15.4 Å². The maximum absolute atomic E-state index is 13.6. The molecule has 1 saturated heterocycles. The van der Waals surface area contributed by atoms with Crippen molar-refractivity contribution < 1.29 is 13.5 Å². The highest BCUT2D eigenvalue weighted by atomic mass is 19.1. The van der Waals surface area contributed by atoms with E-state index < -0.39 is 12.0 Å². The Balaban J connectivity index is 0.000000291. The van der Waals surface area contributed by atoms with Crippen LogP contribution in [0.15, 0.2) is 24.4 Å². The average Bonchev–Trinajstić information content (AvgIpc) is 3.40. The molecule has 1 saturated carbocycles. The molecule has 1 unspecified atom stereocenters. The van der Waals surface area contributed by atoms with Crippen molar-refractivity contribution in [3.63, 3.8) is 0 Å². The number of nitrogens with one attached hydrogen (secondary N) is 2. The molecule has 1 aliphatic heterocycles. The van der Waals surface area contributed by atoms with Gasteiger partial charge in [-0.1, -0.05) is 13.8 Å². The number of imidazole rings is 1. The standard InChI is InChI=1S/C16H16FN5O.C4H8FN.C2H6/c1-18-16-10(17)5-6-11(20-16)12-8-19-14-7-13(23-2)15(9-3-4-9)21-22(12)14;5-4-1-2-6-3-4;1-2/h5-9H,3-4H2,1-2H3,(H,18,20);4,6H,1-3H2;1-2H3. The Labute approximate surface area is 181 Å². The van der Waals surface area contributed by atoms with Crippen LogP contribution in [-0.2, 0) is 0 Å². The summed E-state index contributed by atoms with van der Waals surface area (Å²) in [6, 6.07) is 4.90. The fraction of sp³-hybridized carbons (Fsp3) is 0.500. The molecule has 3 aromatic rings. The van der Waals surface area contributed by atoms with Crippen molar-refractivity contribution in [2.75, 3.05) is 32.6 Å². The van der Waals surface area contributed by atoms with E-state index in [2.05, 4.69) is 20.6 Å². The van der Waals surface area contributed by atoms with Crippen LogP contribution in [0.3, 0.4) is 0 Å². The molecule has 168 valence electrons. The Hall–Kier alpha value is -2.81. The molecule has 0 radical (unpaired) electrons. The summed E-state index contributed by atoms with van der Waals surface area (Å²) < 4.78 is 32.7. The van der Waals surface area contributed by atoms with Crippen LogP contribution in [0.4, 0.5) is 14.6 Å². The van der Waals surface area contributed by atoms with Crippen LogP contribution in [-0.4, -0.2) is 53.0 Å². The third-order valence-corrected chi connectivity index (χ3v) is 5.01. The predicted molar refractivity (Wildman–Crippen MR) is 118 cm³/mol. The lowest BCUT2D eigenvalue weighted by Gasteiger charge is -2.09. The van der Waals surface area contributed by atoms with Crippen LogP contribution in [0.2, 0.25) is 0 Å². The molecule has 9 heteroatoms. The summed E-state index contributed by atoms with van der Waals surface area (Å²) in [5.74, 6) is 1.02. The van der Waals surface area contributed by atoms with Crippen molar-refractivity contribution in [1.82, 2.24) is 24.9 Å². The number of ether oxygens (including phenoxy) is 1. The molecule has 2 N–H and O–H groups in total. The Morgan fingerprint density at radius 1 is 1.23 bits per heavy atom. The van der Waals surface area contributed by atoms with Crippen LogP contribution in [0, 0.1) is 5.82 Å². The molecule has 31 heavy (non-hydrogen) atoms. The van der Waals surface area contributed by atoms with Gasteiger partial charge in [-0.2, -0.15) is 5.10 Å². The van der Waals surface area contributed by atoms with Crippen molar-refractivity contribution >= 4 is 11.5 Å². The van der Waals surface area contributed by atoms with E-state index in [0.717, 1.165) is 36.5 Å². The van der Waals surface area contributed by atoms with E-state index in [1.54, 1.807) is 30.9 Å². The first kappa shape index (κ1) is 22.9. The lowest BCUT2D eigenvalue weighted by molar-refractivity contribution is 0.361. The number of halogens is 2. The molecule has 0 bridgehead atoms. The number of nitrogens with zero attached hydrogens (tertiary/aromatic N) is 4. The number of alkyl halides is 1. The van der Waals surface area contributed by atoms with Gasteiger partial charge in [-0.25, -0.2) is 23.3 Å². The van der Waals surface area contributed by atoms with Gasteiger partial charge >= 0.3 is 0 Å². The molecule has 3 aromatic heterocycles. The number of pyridine rings is 1. The second-order valence-corrected chi connectivity index (χ2v) is 7.15. The smallest absolute Gasteiger partial charge is 0.165 e. The third kappa shape index (κ3) is 5.28. The molecule has 0 aromatic carbocycles. The molecule has 0 spiro atoms. The Morgan fingerprint density at radius 3 is 2.55 bits per heavy atom. The number of methoxy groups -OCH3 is 1. The van der Waals surface area contributed by atoms with Gasteiger partial charge in [0, 0.05) is 25.6 Å². The normalized spacial score (nSPS) is 17.4. The summed E-state index contributed by atoms with van der Waals surface area (Å²) in [4.78, 5) is 8.67. The highest BCUT2D eigenvalue weighted by Gasteiger charge is 2.29. The summed E-state index contributed by atoms with van der Waals surface area (Å²) in [5.41, 5.74) is 2.96. The van der Waals surface area contributed by atoms with E-state index in [0.29, 0.717) is 30.2 Å². The van der Waals surface area contributed by atoms with Crippen LogP contribution in [0.1, 0.15) is 44.7 Å². The Bertz CT molecular complexity index is 999. The zero-order valence-electron chi connectivity index (χ0n) is 18.5. The topological polar surface area (TPSA) is 76.4 Å². The molecule has 2 fully saturated rings. The highest BCUT2D eigenvalue weighted by Crippen LogP contribution is 2.43. The number of aromatic nitrogens is 4. The minimum Gasteiger partial charge on any atom is -0.495 e. The first-order valence-corrected chi connectivity index (χ1v) is 10.7. The number of hydrogen-bond donors (Lipinski definition) is 2. The number of fused-ring (bicyclic) bond motifs is 1. The molecule has 1 aliphatic carbocycles. The molecule has 5 rings (SSSR count). The van der Waals surface area contributed by atoms with Gasteiger partial charge in [-0.15, -0.1) is 0 Å². The summed E-state index contributed by atoms with van der Waals surface area (Å²) in [5, 5.41) is 10.3.